The Labute approximate surface area is 126 Å². The molecule has 2 unspecified atom stereocenters. The van der Waals surface area contributed by atoms with E-state index in [-0.39, 0.29) is 17.5 Å². The van der Waals surface area contributed by atoms with Crippen LogP contribution in [0.4, 0.5) is 0 Å². The quantitative estimate of drug-likeness (QED) is 0.836. The highest BCUT2D eigenvalue weighted by atomic mass is 16.7. The maximum atomic E-state index is 6.37. The van der Waals surface area contributed by atoms with E-state index in [0.29, 0.717) is 0 Å². The van der Waals surface area contributed by atoms with Gasteiger partial charge in [-0.05, 0) is 26.0 Å². The van der Waals surface area contributed by atoms with E-state index in [1.165, 1.54) is 0 Å². The van der Waals surface area contributed by atoms with Gasteiger partial charge in [-0.3, -0.25) is 0 Å². The molecule has 1 aromatic carbocycles. The van der Waals surface area contributed by atoms with Crippen LogP contribution in [-0.4, -0.2) is 31.5 Å². The number of hydrogen-bond acceptors (Lipinski definition) is 4. The second-order valence-corrected chi connectivity index (χ2v) is 6.56. The number of ether oxygens (including phenoxy) is 4. The van der Waals surface area contributed by atoms with Crippen LogP contribution in [0.15, 0.2) is 24.3 Å². The lowest BCUT2D eigenvalue weighted by molar-refractivity contribution is -0.293. The number of hydrogen-bond donors (Lipinski definition) is 0. The Balaban J connectivity index is 1.75. The summed E-state index contributed by atoms with van der Waals surface area (Å²) in [5.41, 5.74) is 0.796. The Bertz CT molecular complexity index is 478. The summed E-state index contributed by atoms with van der Waals surface area (Å²) in [5.74, 6) is 0.844. The minimum atomic E-state index is -0.293. The predicted molar refractivity (Wildman–Crippen MR) is 79.4 cm³/mol. The van der Waals surface area contributed by atoms with E-state index in [9.17, 15) is 0 Å². The molecule has 116 valence electrons. The Kier molecular flexibility index (Phi) is 3.95. The van der Waals surface area contributed by atoms with Crippen molar-refractivity contribution >= 4 is 0 Å². The Hall–Kier alpha value is -1.10. The van der Waals surface area contributed by atoms with Gasteiger partial charge >= 0.3 is 0 Å². The first-order chi connectivity index (χ1) is 10.0. The number of methoxy groups -OCH3 is 1. The molecule has 0 aromatic heterocycles. The SMILES string of the molecule is COc1ccc(C2OCCC3(CCOC(C)(C)C3)O2)cc1. The molecule has 1 aromatic rings. The summed E-state index contributed by atoms with van der Waals surface area (Å²) in [6.45, 7) is 5.75. The van der Waals surface area contributed by atoms with E-state index in [1.807, 2.05) is 24.3 Å². The maximum absolute atomic E-state index is 6.37. The molecule has 0 bridgehead atoms. The molecule has 2 atom stereocenters. The first kappa shape index (κ1) is 14.8. The molecule has 4 heteroatoms. The predicted octanol–water partition coefficient (Wildman–Crippen LogP) is 3.46. The van der Waals surface area contributed by atoms with Gasteiger partial charge in [0.05, 0.1) is 31.5 Å². The van der Waals surface area contributed by atoms with Crippen LogP contribution in [0.5, 0.6) is 5.75 Å². The number of benzene rings is 1. The third kappa shape index (κ3) is 3.23. The second-order valence-electron chi connectivity index (χ2n) is 6.56. The molecule has 2 aliphatic rings. The monoisotopic (exact) mass is 292 g/mol. The van der Waals surface area contributed by atoms with Gasteiger partial charge < -0.3 is 18.9 Å². The highest BCUT2D eigenvalue weighted by Gasteiger charge is 2.45. The minimum absolute atomic E-state index is 0.120. The molecule has 0 saturated carbocycles. The topological polar surface area (TPSA) is 36.9 Å². The first-order valence-corrected chi connectivity index (χ1v) is 7.59. The Morgan fingerprint density at radius 1 is 1.10 bits per heavy atom. The highest BCUT2D eigenvalue weighted by Crippen LogP contribution is 2.43. The van der Waals surface area contributed by atoms with Crippen LogP contribution in [0.25, 0.3) is 0 Å². The molecule has 0 aliphatic carbocycles. The van der Waals surface area contributed by atoms with Gasteiger partial charge in [-0.25, -0.2) is 0 Å². The molecule has 2 fully saturated rings. The van der Waals surface area contributed by atoms with Crippen LogP contribution in [0, 0.1) is 0 Å². The standard InChI is InChI=1S/C17H24O4/c1-16(2)12-17(9-11-20-16)8-10-19-15(21-17)13-4-6-14(18-3)7-5-13/h4-7,15H,8-12H2,1-3H3. The minimum Gasteiger partial charge on any atom is -0.497 e. The fourth-order valence-electron chi connectivity index (χ4n) is 3.34. The molecular formula is C17H24O4. The van der Waals surface area contributed by atoms with Gasteiger partial charge in [-0.2, -0.15) is 0 Å². The average molecular weight is 292 g/mol. The van der Waals surface area contributed by atoms with Crippen molar-refractivity contribution in [3.8, 4) is 5.75 Å². The largest absolute Gasteiger partial charge is 0.497 e. The summed E-state index contributed by atoms with van der Waals surface area (Å²) < 4.78 is 23.2. The highest BCUT2D eigenvalue weighted by molar-refractivity contribution is 5.28. The normalized spacial score (nSPS) is 32.0. The van der Waals surface area contributed by atoms with E-state index >= 15 is 0 Å². The first-order valence-electron chi connectivity index (χ1n) is 7.59. The zero-order chi connectivity index (χ0) is 14.9. The van der Waals surface area contributed by atoms with Crippen LogP contribution < -0.4 is 4.74 Å². The van der Waals surface area contributed by atoms with E-state index in [0.717, 1.165) is 43.8 Å². The van der Waals surface area contributed by atoms with Crippen LogP contribution in [0.3, 0.4) is 0 Å². The average Bonchev–Trinajstić information content (AvgIpc) is 2.46. The second kappa shape index (κ2) is 5.59. The van der Waals surface area contributed by atoms with Gasteiger partial charge in [0.15, 0.2) is 6.29 Å². The molecule has 21 heavy (non-hydrogen) atoms. The van der Waals surface area contributed by atoms with Crippen molar-refractivity contribution in [3.63, 3.8) is 0 Å². The van der Waals surface area contributed by atoms with Gasteiger partial charge in [0, 0.05) is 24.8 Å². The number of rotatable bonds is 2. The van der Waals surface area contributed by atoms with Crippen molar-refractivity contribution in [2.75, 3.05) is 20.3 Å². The van der Waals surface area contributed by atoms with E-state index in [4.69, 9.17) is 18.9 Å². The molecule has 0 radical (unpaired) electrons. The van der Waals surface area contributed by atoms with Crippen molar-refractivity contribution in [2.45, 2.75) is 50.6 Å². The molecule has 3 rings (SSSR count). The van der Waals surface area contributed by atoms with Gasteiger partial charge in [-0.1, -0.05) is 12.1 Å². The fraction of sp³-hybridized carbons (Fsp3) is 0.647. The van der Waals surface area contributed by atoms with Crippen molar-refractivity contribution < 1.29 is 18.9 Å². The zero-order valence-corrected chi connectivity index (χ0v) is 13.1. The van der Waals surface area contributed by atoms with Crippen molar-refractivity contribution in [1.82, 2.24) is 0 Å². The smallest absolute Gasteiger partial charge is 0.184 e. The van der Waals surface area contributed by atoms with Gasteiger partial charge in [0.25, 0.3) is 0 Å². The van der Waals surface area contributed by atoms with Gasteiger partial charge in [-0.15, -0.1) is 0 Å². The van der Waals surface area contributed by atoms with E-state index < -0.39 is 0 Å². The lowest BCUT2D eigenvalue weighted by Crippen LogP contribution is -2.50. The maximum Gasteiger partial charge on any atom is 0.184 e. The summed E-state index contributed by atoms with van der Waals surface area (Å²) in [4.78, 5) is 0. The summed E-state index contributed by atoms with van der Waals surface area (Å²) in [5, 5.41) is 0. The van der Waals surface area contributed by atoms with Gasteiger partial charge in [0.1, 0.15) is 5.75 Å². The molecule has 2 heterocycles. The Morgan fingerprint density at radius 3 is 2.48 bits per heavy atom. The van der Waals surface area contributed by atoms with Crippen LogP contribution >= 0.6 is 0 Å². The summed E-state index contributed by atoms with van der Waals surface area (Å²) >= 11 is 0. The molecule has 0 N–H and O–H groups in total. The molecule has 2 saturated heterocycles. The van der Waals surface area contributed by atoms with Crippen LogP contribution in [-0.2, 0) is 14.2 Å². The van der Waals surface area contributed by atoms with Crippen molar-refractivity contribution in [1.29, 1.82) is 0 Å². The molecule has 2 aliphatic heterocycles. The third-order valence-electron chi connectivity index (χ3n) is 4.37. The molecule has 0 amide bonds. The Morgan fingerprint density at radius 2 is 1.81 bits per heavy atom. The van der Waals surface area contributed by atoms with Crippen molar-refractivity contribution in [3.05, 3.63) is 29.8 Å². The van der Waals surface area contributed by atoms with Crippen LogP contribution in [0.2, 0.25) is 0 Å². The van der Waals surface area contributed by atoms with Crippen LogP contribution in [0.1, 0.15) is 45.0 Å². The van der Waals surface area contributed by atoms with Crippen molar-refractivity contribution in [2.24, 2.45) is 0 Å². The molecule has 4 nitrogen and oxygen atoms in total. The summed E-state index contributed by atoms with van der Waals surface area (Å²) in [6, 6.07) is 7.90. The third-order valence-corrected chi connectivity index (χ3v) is 4.37. The van der Waals surface area contributed by atoms with E-state index in [1.54, 1.807) is 7.11 Å². The summed E-state index contributed by atoms with van der Waals surface area (Å²) in [6.07, 6.45) is 2.49. The molecular weight excluding hydrogens is 268 g/mol. The molecule has 1 spiro atoms. The summed E-state index contributed by atoms with van der Waals surface area (Å²) in [7, 11) is 1.67. The van der Waals surface area contributed by atoms with Gasteiger partial charge in [0.2, 0.25) is 0 Å². The lowest BCUT2D eigenvalue weighted by Gasteiger charge is -2.48. The van der Waals surface area contributed by atoms with E-state index in [2.05, 4.69) is 13.8 Å². The lowest BCUT2D eigenvalue weighted by atomic mass is 9.81. The fourth-order valence-corrected chi connectivity index (χ4v) is 3.34. The zero-order valence-electron chi connectivity index (χ0n) is 13.1.